The number of aryl methyl sites for hydroxylation is 1. The predicted molar refractivity (Wildman–Crippen MR) is 76.8 cm³/mol. The first-order chi connectivity index (χ1) is 9.53. The van der Waals surface area contributed by atoms with Crippen molar-refractivity contribution in [1.29, 1.82) is 0 Å². The highest BCUT2D eigenvalue weighted by Gasteiger charge is 2.18. The van der Waals surface area contributed by atoms with Crippen LogP contribution in [-0.2, 0) is 4.74 Å². The van der Waals surface area contributed by atoms with Crippen LogP contribution >= 0.6 is 0 Å². The second-order valence-electron chi connectivity index (χ2n) is 4.67. The van der Waals surface area contributed by atoms with Crippen LogP contribution < -0.4 is 0 Å². The fourth-order valence-electron chi connectivity index (χ4n) is 2.03. The highest BCUT2D eigenvalue weighted by atomic mass is 16.5. The Morgan fingerprint density at radius 3 is 2.30 bits per heavy atom. The van der Waals surface area contributed by atoms with E-state index in [0.717, 1.165) is 12.8 Å². The number of esters is 1. The average molecular weight is 278 g/mol. The molecule has 1 amide bonds. The smallest absolute Gasteiger partial charge is 0.337 e. The first kappa shape index (κ1) is 16.1. The van der Waals surface area contributed by atoms with Crippen molar-refractivity contribution in [3.8, 4) is 0 Å². The fourth-order valence-corrected chi connectivity index (χ4v) is 2.03. The third kappa shape index (κ3) is 4.05. The molecule has 0 atom stereocenters. The standard InChI is InChI=1S/C15H22N2O3/c1-5-7-17(8-6-2)14(18)13-10-12(15(19)20-4)9-11(3)16-13/h9-10H,5-8H2,1-4H3. The van der Waals surface area contributed by atoms with Crippen LogP contribution in [0.5, 0.6) is 0 Å². The molecular formula is C15H22N2O3. The molecule has 1 rings (SSSR count). The van der Waals surface area contributed by atoms with Gasteiger partial charge in [-0.2, -0.15) is 0 Å². The second-order valence-corrected chi connectivity index (χ2v) is 4.67. The maximum atomic E-state index is 12.5. The highest BCUT2D eigenvalue weighted by Crippen LogP contribution is 2.10. The first-order valence-electron chi connectivity index (χ1n) is 6.89. The largest absolute Gasteiger partial charge is 0.465 e. The Morgan fingerprint density at radius 2 is 1.80 bits per heavy atom. The van der Waals surface area contributed by atoms with Crippen LogP contribution in [0.25, 0.3) is 0 Å². The maximum absolute atomic E-state index is 12.5. The zero-order valence-corrected chi connectivity index (χ0v) is 12.6. The molecule has 0 aliphatic heterocycles. The molecule has 0 bridgehead atoms. The Labute approximate surface area is 119 Å². The van der Waals surface area contributed by atoms with Gasteiger partial charge in [0.2, 0.25) is 0 Å². The van der Waals surface area contributed by atoms with E-state index in [1.807, 2.05) is 13.8 Å². The van der Waals surface area contributed by atoms with Crippen LogP contribution in [0, 0.1) is 6.92 Å². The minimum atomic E-state index is -0.456. The molecule has 0 spiro atoms. The number of ether oxygens (including phenoxy) is 1. The van der Waals surface area contributed by atoms with Crippen LogP contribution in [0.2, 0.25) is 0 Å². The number of methoxy groups -OCH3 is 1. The number of amides is 1. The third-order valence-corrected chi connectivity index (χ3v) is 2.87. The lowest BCUT2D eigenvalue weighted by atomic mass is 10.1. The van der Waals surface area contributed by atoms with E-state index in [0.29, 0.717) is 30.0 Å². The first-order valence-corrected chi connectivity index (χ1v) is 6.89. The second kappa shape index (κ2) is 7.62. The van der Waals surface area contributed by atoms with Gasteiger partial charge in [0, 0.05) is 18.8 Å². The molecule has 1 aromatic rings. The van der Waals surface area contributed by atoms with Crippen LogP contribution in [0.3, 0.4) is 0 Å². The van der Waals surface area contributed by atoms with Gasteiger partial charge in [-0.15, -0.1) is 0 Å². The van der Waals surface area contributed by atoms with Crippen molar-refractivity contribution in [2.24, 2.45) is 0 Å². The Hall–Kier alpha value is -1.91. The maximum Gasteiger partial charge on any atom is 0.337 e. The van der Waals surface area contributed by atoms with Crippen molar-refractivity contribution in [2.45, 2.75) is 33.6 Å². The molecule has 0 fully saturated rings. The summed E-state index contributed by atoms with van der Waals surface area (Å²) < 4.78 is 4.69. The highest BCUT2D eigenvalue weighted by molar-refractivity contribution is 5.96. The third-order valence-electron chi connectivity index (χ3n) is 2.87. The predicted octanol–water partition coefficient (Wildman–Crippen LogP) is 2.44. The molecule has 0 aliphatic carbocycles. The van der Waals surface area contributed by atoms with E-state index < -0.39 is 5.97 Å². The van der Waals surface area contributed by atoms with Crippen molar-refractivity contribution < 1.29 is 14.3 Å². The molecule has 0 radical (unpaired) electrons. The van der Waals surface area contributed by atoms with Crippen molar-refractivity contribution in [3.05, 3.63) is 29.1 Å². The minimum absolute atomic E-state index is 0.137. The molecule has 0 saturated carbocycles. The topological polar surface area (TPSA) is 59.5 Å². The lowest BCUT2D eigenvalue weighted by Gasteiger charge is -2.21. The number of aromatic nitrogens is 1. The summed E-state index contributed by atoms with van der Waals surface area (Å²) in [6.45, 7) is 7.19. The molecule has 5 nitrogen and oxygen atoms in total. The van der Waals surface area contributed by atoms with Gasteiger partial charge >= 0.3 is 5.97 Å². The quantitative estimate of drug-likeness (QED) is 0.750. The Kier molecular flexibility index (Phi) is 6.15. The molecule has 0 aliphatic rings. The molecular weight excluding hydrogens is 256 g/mol. The van der Waals surface area contributed by atoms with E-state index in [-0.39, 0.29) is 5.91 Å². The van der Waals surface area contributed by atoms with Gasteiger partial charge in [-0.3, -0.25) is 4.79 Å². The Bertz CT molecular complexity index is 480. The monoisotopic (exact) mass is 278 g/mol. The Morgan fingerprint density at radius 1 is 1.20 bits per heavy atom. The van der Waals surface area contributed by atoms with Gasteiger partial charge in [0.1, 0.15) is 5.69 Å². The van der Waals surface area contributed by atoms with E-state index >= 15 is 0 Å². The molecule has 1 aromatic heterocycles. The average Bonchev–Trinajstić information content (AvgIpc) is 2.44. The molecule has 0 aromatic carbocycles. The minimum Gasteiger partial charge on any atom is -0.465 e. The van der Waals surface area contributed by atoms with Gasteiger partial charge in [0.15, 0.2) is 0 Å². The number of carbonyl (C=O) groups is 2. The van der Waals surface area contributed by atoms with Crippen LogP contribution in [0.4, 0.5) is 0 Å². The summed E-state index contributed by atoms with van der Waals surface area (Å²) in [5.74, 6) is -0.593. The molecule has 1 heterocycles. The number of carbonyl (C=O) groups excluding carboxylic acids is 2. The van der Waals surface area contributed by atoms with Crippen molar-refractivity contribution in [3.63, 3.8) is 0 Å². The van der Waals surface area contributed by atoms with Crippen LogP contribution in [-0.4, -0.2) is 42.0 Å². The fraction of sp³-hybridized carbons (Fsp3) is 0.533. The van der Waals surface area contributed by atoms with Crippen molar-refractivity contribution in [2.75, 3.05) is 20.2 Å². The van der Waals surface area contributed by atoms with Crippen molar-refractivity contribution in [1.82, 2.24) is 9.88 Å². The zero-order chi connectivity index (χ0) is 15.1. The summed E-state index contributed by atoms with van der Waals surface area (Å²) in [5, 5.41) is 0. The number of pyridine rings is 1. The molecule has 20 heavy (non-hydrogen) atoms. The Balaban J connectivity index is 3.07. The zero-order valence-electron chi connectivity index (χ0n) is 12.6. The van der Waals surface area contributed by atoms with E-state index in [4.69, 9.17) is 0 Å². The lowest BCUT2D eigenvalue weighted by Crippen LogP contribution is -2.33. The summed E-state index contributed by atoms with van der Waals surface area (Å²) in [6, 6.07) is 3.12. The van der Waals surface area contributed by atoms with E-state index in [9.17, 15) is 9.59 Å². The molecule has 0 N–H and O–H groups in total. The molecule has 0 unspecified atom stereocenters. The van der Waals surface area contributed by atoms with Gasteiger partial charge in [0.05, 0.1) is 12.7 Å². The SMILES string of the molecule is CCCN(CCC)C(=O)c1cc(C(=O)OC)cc(C)n1. The van der Waals surface area contributed by atoms with E-state index in [2.05, 4.69) is 9.72 Å². The molecule has 5 heteroatoms. The summed E-state index contributed by atoms with van der Waals surface area (Å²) in [5.41, 5.74) is 1.28. The van der Waals surface area contributed by atoms with E-state index in [1.54, 1.807) is 17.9 Å². The van der Waals surface area contributed by atoms with Gasteiger partial charge in [-0.05, 0) is 31.9 Å². The molecule has 0 saturated heterocycles. The number of nitrogens with zero attached hydrogens (tertiary/aromatic N) is 2. The van der Waals surface area contributed by atoms with Gasteiger partial charge in [-0.1, -0.05) is 13.8 Å². The van der Waals surface area contributed by atoms with Gasteiger partial charge < -0.3 is 9.64 Å². The van der Waals surface area contributed by atoms with Crippen LogP contribution in [0.15, 0.2) is 12.1 Å². The number of hydrogen-bond donors (Lipinski definition) is 0. The summed E-state index contributed by atoms with van der Waals surface area (Å²) in [6.07, 6.45) is 1.78. The summed E-state index contributed by atoms with van der Waals surface area (Å²) >= 11 is 0. The van der Waals surface area contributed by atoms with Crippen LogP contribution in [0.1, 0.15) is 53.2 Å². The summed E-state index contributed by atoms with van der Waals surface area (Å²) in [7, 11) is 1.32. The normalized spacial score (nSPS) is 10.2. The molecule has 110 valence electrons. The number of rotatable bonds is 6. The van der Waals surface area contributed by atoms with Gasteiger partial charge in [-0.25, -0.2) is 9.78 Å². The van der Waals surface area contributed by atoms with E-state index in [1.165, 1.54) is 13.2 Å². The lowest BCUT2D eigenvalue weighted by molar-refractivity contribution is 0.0600. The number of hydrogen-bond acceptors (Lipinski definition) is 4. The van der Waals surface area contributed by atoms with Crippen molar-refractivity contribution >= 4 is 11.9 Å². The van der Waals surface area contributed by atoms with Gasteiger partial charge in [0.25, 0.3) is 5.91 Å². The summed E-state index contributed by atoms with van der Waals surface area (Å²) in [4.78, 5) is 30.0.